The van der Waals surface area contributed by atoms with Gasteiger partial charge in [-0.1, -0.05) is 69.9 Å². The van der Waals surface area contributed by atoms with Crippen LogP contribution < -0.4 is 4.74 Å². The van der Waals surface area contributed by atoms with Gasteiger partial charge in [-0.25, -0.2) is 0 Å². The van der Waals surface area contributed by atoms with Crippen molar-refractivity contribution < 1.29 is 14.9 Å². The summed E-state index contributed by atoms with van der Waals surface area (Å²) in [6, 6.07) is 3.02. The number of allylic oxidation sites excluding steroid dienone is 12. The summed E-state index contributed by atoms with van der Waals surface area (Å²) in [5.74, 6) is 0.499. The van der Waals surface area contributed by atoms with Crippen LogP contribution >= 0.6 is 0 Å². The van der Waals surface area contributed by atoms with E-state index in [0.29, 0.717) is 17.7 Å². The second-order valence-electron chi connectivity index (χ2n) is 11.6. The van der Waals surface area contributed by atoms with Crippen molar-refractivity contribution in [3.8, 4) is 17.2 Å². The topological polar surface area (TPSA) is 49.7 Å². The minimum atomic E-state index is 0.0961. The monoisotopic (exact) mass is 548 g/mol. The van der Waals surface area contributed by atoms with E-state index in [1.54, 1.807) is 6.07 Å². The number of rotatable bonds is 18. The first-order chi connectivity index (χ1) is 19.0. The maximum atomic E-state index is 10.3. The molecule has 40 heavy (non-hydrogen) atoms. The zero-order valence-electron chi connectivity index (χ0n) is 26.7. The first kappa shape index (κ1) is 35.1. The largest absolute Gasteiger partial charge is 0.508 e. The molecule has 222 valence electrons. The molecule has 0 aliphatic rings. The molecule has 0 heterocycles. The fraction of sp³-hybridized carbons (Fsp3) is 0.514. The minimum absolute atomic E-state index is 0.0961. The van der Waals surface area contributed by atoms with E-state index in [1.807, 2.05) is 0 Å². The molecule has 0 amide bonds. The molecule has 0 spiro atoms. The summed E-state index contributed by atoms with van der Waals surface area (Å²) < 4.78 is 5.13. The average Bonchev–Trinajstić information content (AvgIpc) is 2.88. The number of ether oxygens (including phenoxy) is 1. The number of phenols is 2. The van der Waals surface area contributed by atoms with Gasteiger partial charge in [-0.05, 0) is 125 Å². The van der Waals surface area contributed by atoms with Gasteiger partial charge >= 0.3 is 0 Å². The lowest BCUT2D eigenvalue weighted by molar-refractivity contribution is 0.366. The van der Waals surface area contributed by atoms with E-state index in [1.165, 1.54) is 53.0 Å². The van der Waals surface area contributed by atoms with Crippen LogP contribution in [0.25, 0.3) is 0 Å². The van der Waals surface area contributed by atoms with Gasteiger partial charge in [0.05, 0.1) is 7.11 Å². The second-order valence-corrected chi connectivity index (χ2v) is 11.6. The molecule has 3 nitrogen and oxygen atoms in total. The van der Waals surface area contributed by atoms with Crippen molar-refractivity contribution in [3.05, 3.63) is 87.6 Å². The van der Waals surface area contributed by atoms with E-state index in [0.717, 1.165) is 57.8 Å². The third-order valence-electron chi connectivity index (χ3n) is 7.25. The Bertz CT molecular complexity index is 1090. The highest BCUT2D eigenvalue weighted by Crippen LogP contribution is 2.34. The Morgan fingerprint density at radius 2 is 0.950 bits per heavy atom. The molecule has 0 saturated heterocycles. The maximum Gasteiger partial charge on any atom is 0.164 e. The highest BCUT2D eigenvalue weighted by Gasteiger charge is 2.09. The zero-order valence-corrected chi connectivity index (χ0v) is 26.7. The molecule has 0 radical (unpaired) electrons. The van der Waals surface area contributed by atoms with Crippen LogP contribution in [0.5, 0.6) is 17.2 Å². The van der Waals surface area contributed by atoms with E-state index in [4.69, 9.17) is 4.74 Å². The van der Waals surface area contributed by atoms with Crippen LogP contribution in [-0.2, 0) is 6.42 Å². The Morgan fingerprint density at radius 3 is 1.32 bits per heavy atom. The molecular formula is C37H56O3. The molecule has 1 rings (SSSR count). The number of phenolic OH excluding ortho intramolecular Hbond substituents is 2. The Hall–Kier alpha value is -2.94. The molecule has 0 saturated carbocycles. The Balaban J connectivity index is 2.33. The Labute approximate surface area is 245 Å². The highest BCUT2D eigenvalue weighted by atomic mass is 16.5. The van der Waals surface area contributed by atoms with Gasteiger partial charge in [0.25, 0.3) is 0 Å². The van der Waals surface area contributed by atoms with Crippen LogP contribution in [0.3, 0.4) is 0 Å². The van der Waals surface area contributed by atoms with Crippen LogP contribution in [0.2, 0.25) is 0 Å². The van der Waals surface area contributed by atoms with E-state index in [-0.39, 0.29) is 11.5 Å². The van der Waals surface area contributed by atoms with Gasteiger partial charge in [0.2, 0.25) is 0 Å². The normalized spacial score (nSPS) is 13.6. The molecule has 0 bridgehead atoms. The summed E-state index contributed by atoms with van der Waals surface area (Å²) in [5, 5.41) is 20.1. The summed E-state index contributed by atoms with van der Waals surface area (Å²) in [6.45, 7) is 15.5. The van der Waals surface area contributed by atoms with Gasteiger partial charge in [0, 0.05) is 11.6 Å². The third-order valence-corrected chi connectivity index (χ3v) is 7.25. The molecule has 1 aromatic rings. The molecule has 2 N–H and O–H groups in total. The molecule has 0 unspecified atom stereocenters. The van der Waals surface area contributed by atoms with Gasteiger partial charge in [0.15, 0.2) is 11.5 Å². The van der Waals surface area contributed by atoms with Crippen LogP contribution in [0.1, 0.15) is 118 Å². The fourth-order valence-corrected chi connectivity index (χ4v) is 4.53. The van der Waals surface area contributed by atoms with E-state index < -0.39 is 0 Å². The van der Waals surface area contributed by atoms with Crippen molar-refractivity contribution in [3.63, 3.8) is 0 Å². The molecule has 0 aromatic heterocycles. The van der Waals surface area contributed by atoms with Crippen molar-refractivity contribution in [2.24, 2.45) is 0 Å². The quantitative estimate of drug-likeness (QED) is 0.142. The van der Waals surface area contributed by atoms with E-state index in [2.05, 4.69) is 84.9 Å². The van der Waals surface area contributed by atoms with Gasteiger partial charge in [-0.3, -0.25) is 0 Å². The second kappa shape index (κ2) is 20.0. The number of benzene rings is 1. The standard InChI is InChI=1S/C37H56O3/c1-28(2)14-9-15-29(3)16-10-17-30(4)18-11-19-31(5)20-12-21-32(6)22-13-23-33(7)24-25-34-26-35(38)27-36(40-8)37(34)39/h14,16,18,20,22,24,26-27,38-39H,9-13,15,17,19,21,23,25H2,1-8H3/b29-16-,30-18+,31-20+,32-22+,33-24-. The minimum Gasteiger partial charge on any atom is -0.508 e. The Kier molecular flexibility index (Phi) is 17.6. The number of hydrogen-bond acceptors (Lipinski definition) is 3. The SMILES string of the molecule is COc1cc(O)cc(C/C=C(/C)CC/C=C(\C)CC/C=C(\C)CC/C=C(\C)CC/C=C(/C)CCC=C(C)C)c1O. The summed E-state index contributed by atoms with van der Waals surface area (Å²) in [4.78, 5) is 0. The molecule has 0 fully saturated rings. The molecule has 0 atom stereocenters. The molecule has 3 heteroatoms. The first-order valence-electron chi connectivity index (χ1n) is 15.0. The predicted octanol–water partition coefficient (Wildman–Crippen LogP) is 11.2. The summed E-state index contributed by atoms with van der Waals surface area (Å²) >= 11 is 0. The number of aromatic hydroxyl groups is 2. The smallest absolute Gasteiger partial charge is 0.164 e. The van der Waals surface area contributed by atoms with Gasteiger partial charge in [-0.15, -0.1) is 0 Å². The summed E-state index contributed by atoms with van der Waals surface area (Å²) in [5.41, 5.74) is 9.28. The molecule has 0 aliphatic heterocycles. The van der Waals surface area contributed by atoms with E-state index in [9.17, 15) is 10.2 Å². The van der Waals surface area contributed by atoms with Crippen molar-refractivity contribution in [1.82, 2.24) is 0 Å². The fourth-order valence-electron chi connectivity index (χ4n) is 4.53. The zero-order chi connectivity index (χ0) is 29.9. The predicted molar refractivity (Wildman–Crippen MR) is 174 cm³/mol. The molecular weight excluding hydrogens is 492 g/mol. The van der Waals surface area contributed by atoms with Gasteiger partial charge in [0.1, 0.15) is 5.75 Å². The lowest BCUT2D eigenvalue weighted by Gasteiger charge is -2.09. The van der Waals surface area contributed by atoms with Gasteiger partial charge in [-0.2, -0.15) is 0 Å². The lowest BCUT2D eigenvalue weighted by atomic mass is 10.0. The van der Waals surface area contributed by atoms with Crippen LogP contribution in [0, 0.1) is 0 Å². The van der Waals surface area contributed by atoms with Crippen LogP contribution in [0.4, 0.5) is 0 Å². The lowest BCUT2D eigenvalue weighted by Crippen LogP contribution is -1.90. The Morgan fingerprint density at radius 1 is 0.575 bits per heavy atom. The third kappa shape index (κ3) is 16.2. The van der Waals surface area contributed by atoms with Crippen molar-refractivity contribution in [2.75, 3.05) is 7.11 Å². The number of hydrogen-bond donors (Lipinski definition) is 2. The summed E-state index contributed by atoms with van der Waals surface area (Å²) in [6.07, 6.45) is 25.7. The molecule has 1 aromatic carbocycles. The number of methoxy groups -OCH3 is 1. The van der Waals surface area contributed by atoms with Crippen LogP contribution in [0.15, 0.2) is 82.0 Å². The van der Waals surface area contributed by atoms with Crippen molar-refractivity contribution in [2.45, 2.75) is 119 Å². The van der Waals surface area contributed by atoms with E-state index >= 15 is 0 Å². The van der Waals surface area contributed by atoms with Gasteiger partial charge < -0.3 is 14.9 Å². The van der Waals surface area contributed by atoms with Crippen molar-refractivity contribution in [1.29, 1.82) is 0 Å². The first-order valence-corrected chi connectivity index (χ1v) is 15.0. The maximum absolute atomic E-state index is 10.3. The summed E-state index contributed by atoms with van der Waals surface area (Å²) in [7, 11) is 1.49. The highest BCUT2D eigenvalue weighted by molar-refractivity contribution is 5.51. The van der Waals surface area contributed by atoms with Crippen LogP contribution in [-0.4, -0.2) is 17.3 Å². The van der Waals surface area contributed by atoms with Crippen molar-refractivity contribution >= 4 is 0 Å². The average molecular weight is 549 g/mol. The molecule has 0 aliphatic carbocycles.